The van der Waals surface area contributed by atoms with Crippen LogP contribution in [0.25, 0.3) is 0 Å². The molecule has 0 N–H and O–H groups in total. The van der Waals surface area contributed by atoms with E-state index >= 15 is 0 Å². The number of carbonyl (C=O) groups excluding carboxylic acids is 1. The van der Waals surface area contributed by atoms with E-state index in [1.54, 1.807) is 12.0 Å². The monoisotopic (exact) mass is 403 g/mol. The number of halogens is 1. The maximum atomic E-state index is 12.8. The lowest BCUT2D eigenvalue weighted by Crippen LogP contribution is -2.43. The predicted octanol–water partition coefficient (Wildman–Crippen LogP) is 5.33. The second-order valence-corrected chi connectivity index (χ2v) is 6.98. The van der Waals surface area contributed by atoms with Crippen molar-refractivity contribution in [2.75, 3.05) is 12.0 Å². The van der Waals surface area contributed by atoms with Crippen LogP contribution >= 0.6 is 15.9 Å². The number of amides is 1. The van der Waals surface area contributed by atoms with Gasteiger partial charge in [0.05, 0.1) is 17.3 Å². The molecular weight excluding hydrogens is 382 g/mol. The Bertz CT molecular complexity index is 748. The Morgan fingerprint density at radius 3 is 2.72 bits per heavy atom. The van der Waals surface area contributed by atoms with Crippen molar-refractivity contribution in [1.82, 2.24) is 0 Å². The van der Waals surface area contributed by atoms with Gasteiger partial charge in [-0.15, -0.1) is 0 Å². The largest absolute Gasteiger partial charge is 0.496 e. The van der Waals surface area contributed by atoms with Gasteiger partial charge >= 0.3 is 6.09 Å². The highest BCUT2D eigenvalue weighted by Crippen LogP contribution is 2.39. The van der Waals surface area contributed by atoms with Crippen LogP contribution in [-0.2, 0) is 17.8 Å². The zero-order chi connectivity index (χ0) is 17.8. The molecule has 1 heterocycles. The summed E-state index contributed by atoms with van der Waals surface area (Å²) in [5, 5.41) is 0. The number of aryl methyl sites for hydroxylation is 1. The molecule has 1 atom stereocenters. The lowest BCUT2D eigenvalue weighted by molar-refractivity contribution is 0.143. The summed E-state index contributed by atoms with van der Waals surface area (Å²) >= 11 is 3.53. The Kier molecular flexibility index (Phi) is 5.63. The van der Waals surface area contributed by atoms with Crippen LogP contribution in [0.15, 0.2) is 46.9 Å². The van der Waals surface area contributed by atoms with Gasteiger partial charge in [-0.1, -0.05) is 37.3 Å². The molecule has 0 aliphatic carbocycles. The third kappa shape index (κ3) is 3.82. The smallest absolute Gasteiger partial charge is 0.414 e. The topological polar surface area (TPSA) is 38.8 Å². The average Bonchev–Trinajstić information content (AvgIpc) is 2.65. The lowest BCUT2D eigenvalue weighted by atomic mass is 9.94. The van der Waals surface area contributed by atoms with E-state index in [-0.39, 0.29) is 18.7 Å². The minimum atomic E-state index is -0.297. The first-order valence-electron chi connectivity index (χ1n) is 8.50. The highest BCUT2D eigenvalue weighted by molar-refractivity contribution is 9.10. The number of anilines is 1. The molecule has 0 fully saturated rings. The Hall–Kier alpha value is -2.01. The molecule has 1 aliphatic rings. The van der Waals surface area contributed by atoms with Gasteiger partial charge in [0, 0.05) is 6.04 Å². The molecule has 0 bridgehead atoms. The summed E-state index contributed by atoms with van der Waals surface area (Å²) in [6.45, 7) is 2.38. The molecule has 2 aromatic carbocycles. The Morgan fingerprint density at radius 2 is 2.04 bits per heavy atom. The van der Waals surface area contributed by atoms with E-state index < -0.39 is 0 Å². The number of methoxy groups -OCH3 is 1. The Balaban J connectivity index is 1.85. The third-order valence-electron chi connectivity index (χ3n) is 4.60. The fraction of sp³-hybridized carbons (Fsp3) is 0.350. The Labute approximate surface area is 156 Å². The summed E-state index contributed by atoms with van der Waals surface area (Å²) in [4.78, 5) is 14.6. The normalized spacial score (nSPS) is 16.3. The minimum Gasteiger partial charge on any atom is -0.496 e. The van der Waals surface area contributed by atoms with Crippen LogP contribution in [0.4, 0.5) is 10.5 Å². The minimum absolute atomic E-state index is 0.149. The molecular formula is C20H22BrNO3. The second kappa shape index (κ2) is 7.91. The van der Waals surface area contributed by atoms with Gasteiger partial charge < -0.3 is 9.47 Å². The number of fused-ring (bicyclic) bond motifs is 1. The van der Waals surface area contributed by atoms with Crippen LogP contribution in [0.5, 0.6) is 5.75 Å². The molecule has 0 saturated heterocycles. The number of ether oxygens (including phenoxy) is 2. The molecule has 132 valence electrons. The van der Waals surface area contributed by atoms with Crippen LogP contribution in [0.2, 0.25) is 0 Å². The van der Waals surface area contributed by atoms with E-state index in [9.17, 15) is 4.79 Å². The zero-order valence-electron chi connectivity index (χ0n) is 14.5. The summed E-state index contributed by atoms with van der Waals surface area (Å²) in [5.74, 6) is 0.784. The van der Waals surface area contributed by atoms with Crippen molar-refractivity contribution in [3.8, 4) is 5.75 Å². The fourth-order valence-corrected chi connectivity index (χ4v) is 3.73. The van der Waals surface area contributed by atoms with Crippen molar-refractivity contribution in [2.45, 2.75) is 38.8 Å². The maximum Gasteiger partial charge on any atom is 0.414 e. The van der Waals surface area contributed by atoms with Crippen LogP contribution < -0.4 is 9.64 Å². The first-order chi connectivity index (χ1) is 12.1. The highest BCUT2D eigenvalue weighted by atomic mass is 79.9. The van der Waals surface area contributed by atoms with Gasteiger partial charge in [-0.05, 0) is 58.5 Å². The zero-order valence-corrected chi connectivity index (χ0v) is 16.1. The van der Waals surface area contributed by atoms with Crippen molar-refractivity contribution >= 4 is 27.7 Å². The van der Waals surface area contributed by atoms with Crippen LogP contribution in [0.3, 0.4) is 0 Å². The van der Waals surface area contributed by atoms with Gasteiger partial charge in [0.1, 0.15) is 12.4 Å². The first kappa shape index (κ1) is 17.8. The van der Waals surface area contributed by atoms with Crippen molar-refractivity contribution in [1.29, 1.82) is 0 Å². The van der Waals surface area contributed by atoms with Crippen molar-refractivity contribution in [3.63, 3.8) is 0 Å². The molecule has 1 aliphatic heterocycles. The van der Waals surface area contributed by atoms with E-state index in [1.165, 1.54) is 0 Å². The van der Waals surface area contributed by atoms with Crippen molar-refractivity contribution < 1.29 is 14.3 Å². The summed E-state index contributed by atoms with van der Waals surface area (Å²) < 4.78 is 11.8. The SMILES string of the molecule is CCC1CCc2cc(OC)c(Br)cc2N1C(=O)OCc1ccccc1. The van der Waals surface area contributed by atoms with E-state index in [4.69, 9.17) is 9.47 Å². The third-order valence-corrected chi connectivity index (χ3v) is 5.22. The molecule has 2 aromatic rings. The maximum absolute atomic E-state index is 12.8. The summed E-state index contributed by atoms with van der Waals surface area (Å²) in [5.41, 5.74) is 3.00. The lowest BCUT2D eigenvalue weighted by Gasteiger charge is -2.36. The van der Waals surface area contributed by atoms with E-state index in [0.29, 0.717) is 0 Å². The highest BCUT2D eigenvalue weighted by Gasteiger charge is 2.32. The number of carbonyl (C=O) groups is 1. The van der Waals surface area contributed by atoms with Crippen LogP contribution in [0, 0.1) is 0 Å². The quantitative estimate of drug-likeness (QED) is 0.692. The molecule has 4 nitrogen and oxygen atoms in total. The molecule has 25 heavy (non-hydrogen) atoms. The Morgan fingerprint density at radius 1 is 1.28 bits per heavy atom. The fourth-order valence-electron chi connectivity index (χ4n) is 3.24. The average molecular weight is 404 g/mol. The van der Waals surface area contributed by atoms with Gasteiger partial charge in [-0.25, -0.2) is 4.79 Å². The first-order valence-corrected chi connectivity index (χ1v) is 9.29. The summed E-state index contributed by atoms with van der Waals surface area (Å²) in [6.07, 6.45) is 2.45. The molecule has 1 unspecified atom stereocenters. The molecule has 3 rings (SSSR count). The number of rotatable bonds is 4. The van der Waals surface area contributed by atoms with E-state index in [2.05, 4.69) is 22.9 Å². The van der Waals surface area contributed by atoms with Gasteiger partial charge in [0.25, 0.3) is 0 Å². The summed E-state index contributed by atoms with van der Waals surface area (Å²) in [7, 11) is 1.65. The summed E-state index contributed by atoms with van der Waals surface area (Å²) in [6, 6.07) is 13.9. The predicted molar refractivity (Wildman–Crippen MR) is 102 cm³/mol. The molecule has 1 amide bonds. The molecule has 5 heteroatoms. The van der Waals surface area contributed by atoms with E-state index in [0.717, 1.165) is 46.3 Å². The van der Waals surface area contributed by atoms with Gasteiger partial charge in [0.2, 0.25) is 0 Å². The van der Waals surface area contributed by atoms with Gasteiger partial charge in [0.15, 0.2) is 0 Å². The van der Waals surface area contributed by atoms with Crippen molar-refractivity contribution in [2.24, 2.45) is 0 Å². The van der Waals surface area contributed by atoms with Crippen molar-refractivity contribution in [3.05, 3.63) is 58.1 Å². The van der Waals surface area contributed by atoms with E-state index in [1.807, 2.05) is 42.5 Å². The van der Waals surface area contributed by atoms with Crippen LogP contribution in [0.1, 0.15) is 30.9 Å². The number of nitrogens with zero attached hydrogens (tertiary/aromatic N) is 1. The number of hydrogen-bond donors (Lipinski definition) is 0. The molecule has 0 aromatic heterocycles. The second-order valence-electron chi connectivity index (χ2n) is 6.13. The van der Waals surface area contributed by atoms with Gasteiger partial charge in [-0.2, -0.15) is 0 Å². The number of hydrogen-bond acceptors (Lipinski definition) is 3. The molecule has 0 radical (unpaired) electrons. The molecule has 0 spiro atoms. The number of benzene rings is 2. The molecule has 0 saturated carbocycles. The van der Waals surface area contributed by atoms with Crippen LogP contribution in [-0.4, -0.2) is 19.2 Å². The standard InChI is InChI=1S/C20H22BrNO3/c1-3-16-10-9-15-11-19(24-2)17(21)12-18(15)22(16)20(23)25-13-14-7-5-4-6-8-14/h4-8,11-12,16H,3,9-10,13H2,1-2H3. The van der Waals surface area contributed by atoms with Gasteiger partial charge in [-0.3, -0.25) is 4.90 Å².